The highest BCUT2D eigenvalue weighted by molar-refractivity contribution is 7.15. The maximum atomic E-state index is 12.5. The van der Waals surface area contributed by atoms with Gasteiger partial charge in [0.15, 0.2) is 0 Å². The molecule has 0 saturated heterocycles. The number of hydrogen-bond acceptors (Lipinski definition) is 4. The highest BCUT2D eigenvalue weighted by Crippen LogP contribution is 2.34. The number of aryl methyl sites for hydroxylation is 1. The van der Waals surface area contributed by atoms with E-state index in [0.717, 1.165) is 17.0 Å². The van der Waals surface area contributed by atoms with Crippen molar-refractivity contribution < 1.29 is 23.4 Å². The Bertz CT molecular complexity index is 604. The van der Waals surface area contributed by atoms with Crippen LogP contribution in [0.2, 0.25) is 0 Å². The Labute approximate surface area is 123 Å². The number of aromatic nitrogens is 1. The number of benzene rings is 1. The van der Waals surface area contributed by atoms with Crippen LogP contribution in [0.4, 0.5) is 13.2 Å². The van der Waals surface area contributed by atoms with Crippen LogP contribution in [0, 0.1) is 6.92 Å². The summed E-state index contributed by atoms with van der Waals surface area (Å²) in [5, 5.41) is 19.0. The van der Waals surface area contributed by atoms with Crippen molar-refractivity contribution in [2.75, 3.05) is 13.2 Å². The molecule has 3 nitrogen and oxygen atoms in total. The van der Waals surface area contributed by atoms with Crippen LogP contribution < -0.4 is 0 Å². The van der Waals surface area contributed by atoms with Crippen molar-refractivity contribution in [3.05, 3.63) is 40.4 Å². The third-order valence-corrected chi connectivity index (χ3v) is 4.15. The SMILES string of the molecule is Cc1sc(-c2ccc(C(F)(F)F)cc2)nc1C(CO)CO. The highest BCUT2D eigenvalue weighted by Gasteiger charge is 2.30. The number of nitrogens with zero attached hydrogens (tertiary/aromatic N) is 1. The van der Waals surface area contributed by atoms with Gasteiger partial charge in [-0.2, -0.15) is 13.2 Å². The maximum absolute atomic E-state index is 12.5. The van der Waals surface area contributed by atoms with Gasteiger partial charge in [-0.05, 0) is 19.1 Å². The molecular weight excluding hydrogens is 303 g/mol. The summed E-state index contributed by atoms with van der Waals surface area (Å²) in [5.74, 6) is -0.468. The second kappa shape index (κ2) is 6.13. The fraction of sp³-hybridized carbons (Fsp3) is 0.357. The molecule has 0 radical (unpaired) electrons. The van der Waals surface area contributed by atoms with Gasteiger partial charge in [0.1, 0.15) is 5.01 Å². The molecule has 1 heterocycles. The topological polar surface area (TPSA) is 53.4 Å². The molecule has 0 aliphatic carbocycles. The zero-order valence-electron chi connectivity index (χ0n) is 11.2. The van der Waals surface area contributed by atoms with Gasteiger partial charge in [0.2, 0.25) is 0 Å². The summed E-state index contributed by atoms with van der Waals surface area (Å²) >= 11 is 1.33. The van der Waals surface area contributed by atoms with Gasteiger partial charge in [-0.1, -0.05) is 12.1 Å². The van der Waals surface area contributed by atoms with Crippen molar-refractivity contribution in [3.63, 3.8) is 0 Å². The fourth-order valence-electron chi connectivity index (χ4n) is 1.94. The fourth-order valence-corrected chi connectivity index (χ4v) is 2.95. The Morgan fingerprint density at radius 3 is 2.19 bits per heavy atom. The molecule has 0 atom stereocenters. The van der Waals surface area contributed by atoms with Crippen molar-refractivity contribution in [2.24, 2.45) is 0 Å². The van der Waals surface area contributed by atoms with E-state index in [4.69, 9.17) is 0 Å². The van der Waals surface area contributed by atoms with Crippen LogP contribution in [0.25, 0.3) is 10.6 Å². The largest absolute Gasteiger partial charge is 0.416 e. The van der Waals surface area contributed by atoms with Crippen LogP contribution in [-0.4, -0.2) is 28.4 Å². The van der Waals surface area contributed by atoms with E-state index in [1.54, 1.807) is 6.92 Å². The molecule has 2 N–H and O–H groups in total. The highest BCUT2D eigenvalue weighted by atomic mass is 32.1. The molecule has 0 bridgehead atoms. The number of hydrogen-bond donors (Lipinski definition) is 2. The van der Waals surface area contributed by atoms with E-state index in [-0.39, 0.29) is 13.2 Å². The molecule has 0 saturated carbocycles. The molecule has 1 aromatic carbocycles. The summed E-state index contributed by atoms with van der Waals surface area (Å²) in [6.45, 7) is 1.35. The molecular formula is C14H14F3NO2S. The molecule has 114 valence electrons. The van der Waals surface area contributed by atoms with Crippen LogP contribution in [0.15, 0.2) is 24.3 Å². The van der Waals surface area contributed by atoms with Gasteiger partial charge in [0.05, 0.1) is 24.5 Å². The summed E-state index contributed by atoms with van der Waals surface area (Å²) in [4.78, 5) is 5.16. The van der Waals surface area contributed by atoms with Gasteiger partial charge in [-0.3, -0.25) is 0 Å². The lowest BCUT2D eigenvalue weighted by Crippen LogP contribution is -2.10. The minimum atomic E-state index is -4.36. The van der Waals surface area contributed by atoms with Crippen molar-refractivity contribution in [1.82, 2.24) is 4.98 Å². The lowest BCUT2D eigenvalue weighted by Gasteiger charge is -2.08. The van der Waals surface area contributed by atoms with Crippen LogP contribution in [0.1, 0.15) is 22.1 Å². The van der Waals surface area contributed by atoms with Gasteiger partial charge in [0, 0.05) is 16.4 Å². The molecule has 2 aromatic rings. The molecule has 7 heteroatoms. The van der Waals surface area contributed by atoms with E-state index >= 15 is 0 Å². The van der Waals surface area contributed by atoms with E-state index in [9.17, 15) is 23.4 Å². The quantitative estimate of drug-likeness (QED) is 0.910. The van der Waals surface area contributed by atoms with Crippen molar-refractivity contribution in [2.45, 2.75) is 19.0 Å². The Hall–Kier alpha value is -1.44. The van der Waals surface area contributed by atoms with Crippen LogP contribution in [-0.2, 0) is 6.18 Å². The Morgan fingerprint density at radius 2 is 1.71 bits per heavy atom. The predicted octanol–water partition coefficient (Wildman–Crippen LogP) is 3.21. The minimum absolute atomic E-state index is 0.229. The van der Waals surface area contributed by atoms with E-state index in [1.165, 1.54) is 23.5 Å². The second-order valence-corrected chi connectivity index (χ2v) is 5.80. The van der Waals surface area contributed by atoms with Gasteiger partial charge in [-0.25, -0.2) is 4.98 Å². The third kappa shape index (κ3) is 3.42. The van der Waals surface area contributed by atoms with Gasteiger partial charge >= 0.3 is 6.18 Å². The van der Waals surface area contributed by atoms with Gasteiger partial charge in [-0.15, -0.1) is 11.3 Å². The van der Waals surface area contributed by atoms with Gasteiger partial charge < -0.3 is 10.2 Å². The van der Waals surface area contributed by atoms with Crippen molar-refractivity contribution in [1.29, 1.82) is 0 Å². The monoisotopic (exact) mass is 317 g/mol. The Kier molecular flexibility index (Phi) is 4.65. The summed E-state index contributed by atoms with van der Waals surface area (Å²) in [6, 6.07) is 4.78. The smallest absolute Gasteiger partial charge is 0.396 e. The van der Waals surface area contributed by atoms with E-state index in [2.05, 4.69) is 4.98 Å². The number of aliphatic hydroxyl groups excluding tert-OH is 2. The van der Waals surface area contributed by atoms with E-state index in [1.807, 2.05) is 0 Å². The summed E-state index contributed by atoms with van der Waals surface area (Å²) < 4.78 is 37.6. The summed E-state index contributed by atoms with van der Waals surface area (Å²) in [5.41, 5.74) is 0.459. The molecule has 0 aliphatic heterocycles. The first-order chi connectivity index (χ1) is 9.86. The van der Waals surface area contributed by atoms with Crippen LogP contribution in [0.3, 0.4) is 0 Å². The molecule has 2 rings (SSSR count). The lowest BCUT2D eigenvalue weighted by atomic mass is 10.1. The predicted molar refractivity (Wildman–Crippen MR) is 74.2 cm³/mol. The molecule has 0 spiro atoms. The average Bonchev–Trinajstić information content (AvgIpc) is 2.82. The number of halogens is 3. The number of rotatable bonds is 4. The number of thiazole rings is 1. The second-order valence-electron chi connectivity index (χ2n) is 4.60. The van der Waals surface area contributed by atoms with E-state index in [0.29, 0.717) is 16.3 Å². The average molecular weight is 317 g/mol. The first-order valence-corrected chi connectivity index (χ1v) is 7.05. The third-order valence-electron chi connectivity index (χ3n) is 3.12. The summed E-state index contributed by atoms with van der Waals surface area (Å²) in [6.07, 6.45) is -4.36. The normalized spacial score (nSPS) is 12.1. The molecule has 21 heavy (non-hydrogen) atoms. The van der Waals surface area contributed by atoms with Crippen molar-refractivity contribution in [3.8, 4) is 10.6 Å². The van der Waals surface area contributed by atoms with E-state index < -0.39 is 17.7 Å². The standard InChI is InChI=1S/C14H14F3NO2S/c1-8-12(10(6-19)7-20)18-13(21-8)9-2-4-11(5-3-9)14(15,16)17/h2-5,10,19-20H,6-7H2,1H3. The summed E-state index contributed by atoms with van der Waals surface area (Å²) in [7, 11) is 0. The first-order valence-electron chi connectivity index (χ1n) is 6.23. The Balaban J connectivity index is 2.33. The molecule has 0 fully saturated rings. The first kappa shape index (κ1) is 15.9. The molecule has 0 amide bonds. The molecule has 0 aliphatic rings. The molecule has 1 aromatic heterocycles. The number of alkyl halides is 3. The van der Waals surface area contributed by atoms with Gasteiger partial charge in [0.25, 0.3) is 0 Å². The minimum Gasteiger partial charge on any atom is -0.396 e. The zero-order valence-corrected chi connectivity index (χ0v) is 12.0. The lowest BCUT2D eigenvalue weighted by molar-refractivity contribution is -0.137. The number of aliphatic hydroxyl groups is 2. The van der Waals surface area contributed by atoms with Crippen molar-refractivity contribution >= 4 is 11.3 Å². The Morgan fingerprint density at radius 1 is 1.14 bits per heavy atom. The molecule has 0 unspecified atom stereocenters. The maximum Gasteiger partial charge on any atom is 0.416 e. The van der Waals surface area contributed by atoms with Crippen LogP contribution >= 0.6 is 11.3 Å². The zero-order chi connectivity index (χ0) is 15.6. The van der Waals surface area contributed by atoms with Crippen LogP contribution in [0.5, 0.6) is 0 Å².